The molecule has 4 aromatic carbocycles. The third-order valence-electron chi connectivity index (χ3n) is 7.41. The lowest BCUT2D eigenvalue weighted by atomic mass is 10.0. The van der Waals surface area contributed by atoms with Crippen molar-refractivity contribution in [3.63, 3.8) is 0 Å². The van der Waals surface area contributed by atoms with Crippen LogP contribution in [0.2, 0.25) is 0 Å². The lowest BCUT2D eigenvalue weighted by molar-refractivity contribution is 0.597. The van der Waals surface area contributed by atoms with Crippen LogP contribution < -0.4 is 15.9 Å². The summed E-state index contributed by atoms with van der Waals surface area (Å²) in [7, 11) is -1.15. The van der Waals surface area contributed by atoms with Gasteiger partial charge >= 0.3 is 0 Å². The highest BCUT2D eigenvalue weighted by Gasteiger charge is 2.44. The number of hydrogen-bond donors (Lipinski definition) is 1. The molecule has 5 rings (SSSR count). The van der Waals surface area contributed by atoms with E-state index in [1.54, 1.807) is 0 Å². The second-order valence-corrected chi connectivity index (χ2v) is 15.1. The standard InChI is InChI=1S/C34H40N2P2/c1-3-25-35-26-27-36(37(31-17-11-6-12-18-31)32-21-19-28(2)20-22-32)38-33(29-13-7-4-8-14-29)23-24-34(38)30-15-9-5-10-16-30/h4-22,33-35H,3,23-27H2,1-2H3/t33-,34-,37?/m0/s1. The van der Waals surface area contributed by atoms with Gasteiger partial charge in [-0.25, -0.2) is 0 Å². The SMILES string of the molecule is CCCNCCN(P(c1ccccc1)c1ccc(C)cc1)P1[C@H](c2ccccc2)CC[C@H]1c1ccccc1. The van der Waals surface area contributed by atoms with Crippen molar-refractivity contribution >= 4 is 26.8 Å². The highest BCUT2D eigenvalue weighted by Crippen LogP contribution is 2.76. The van der Waals surface area contributed by atoms with Crippen molar-refractivity contribution in [3.05, 3.63) is 132 Å². The number of aryl methyl sites for hydroxylation is 1. The highest BCUT2D eigenvalue weighted by molar-refractivity contribution is 7.79. The molecule has 1 heterocycles. The van der Waals surface area contributed by atoms with Gasteiger partial charge in [-0.05, 0) is 62.5 Å². The molecule has 1 unspecified atom stereocenters. The largest absolute Gasteiger partial charge is 0.315 e. The zero-order valence-corrected chi connectivity index (χ0v) is 24.5. The molecule has 3 atom stereocenters. The molecule has 1 N–H and O–H groups in total. The molecule has 4 heteroatoms. The van der Waals surface area contributed by atoms with E-state index in [-0.39, 0.29) is 0 Å². The molecule has 2 nitrogen and oxygen atoms in total. The van der Waals surface area contributed by atoms with Crippen molar-refractivity contribution < 1.29 is 0 Å². The molecule has 38 heavy (non-hydrogen) atoms. The van der Waals surface area contributed by atoms with E-state index in [1.165, 1.54) is 46.6 Å². The average Bonchev–Trinajstić information content (AvgIpc) is 3.42. The Morgan fingerprint density at radius 3 is 1.71 bits per heavy atom. The second-order valence-electron chi connectivity index (χ2n) is 10.1. The van der Waals surface area contributed by atoms with Gasteiger partial charge in [0.05, 0.1) is 0 Å². The fourth-order valence-electron chi connectivity index (χ4n) is 5.58. The van der Waals surface area contributed by atoms with Crippen LogP contribution in [0.3, 0.4) is 0 Å². The van der Waals surface area contributed by atoms with Crippen LogP contribution in [-0.2, 0) is 0 Å². The first kappa shape index (κ1) is 27.2. The van der Waals surface area contributed by atoms with Crippen LogP contribution in [-0.4, -0.2) is 24.1 Å². The molecule has 1 aliphatic rings. The van der Waals surface area contributed by atoms with E-state index in [0.717, 1.165) is 19.6 Å². The van der Waals surface area contributed by atoms with Crippen LogP contribution >= 0.6 is 16.1 Å². The Morgan fingerprint density at radius 1 is 0.684 bits per heavy atom. The minimum absolute atomic E-state index is 0.481. The van der Waals surface area contributed by atoms with Crippen LogP contribution in [0.15, 0.2) is 115 Å². The van der Waals surface area contributed by atoms with Gasteiger partial charge in [0.2, 0.25) is 0 Å². The van der Waals surface area contributed by atoms with Gasteiger partial charge in [0.25, 0.3) is 0 Å². The number of hydrogen-bond acceptors (Lipinski definition) is 2. The molecule has 1 saturated heterocycles. The summed E-state index contributed by atoms with van der Waals surface area (Å²) in [6.07, 6.45) is 3.67. The molecule has 0 spiro atoms. The fourth-order valence-corrected chi connectivity index (χ4v) is 13.0. The lowest BCUT2D eigenvalue weighted by Crippen LogP contribution is -2.32. The van der Waals surface area contributed by atoms with Crippen molar-refractivity contribution in [1.82, 2.24) is 9.76 Å². The third-order valence-corrected chi connectivity index (χ3v) is 13.9. The summed E-state index contributed by atoms with van der Waals surface area (Å²) in [6.45, 7) is 7.61. The lowest BCUT2D eigenvalue weighted by Gasteiger charge is -2.42. The monoisotopic (exact) mass is 538 g/mol. The van der Waals surface area contributed by atoms with Crippen molar-refractivity contribution in [1.29, 1.82) is 0 Å². The van der Waals surface area contributed by atoms with Crippen molar-refractivity contribution in [2.75, 3.05) is 19.6 Å². The minimum Gasteiger partial charge on any atom is -0.315 e. The summed E-state index contributed by atoms with van der Waals surface area (Å²) >= 11 is 0. The summed E-state index contributed by atoms with van der Waals surface area (Å²) in [5.74, 6) is 0. The van der Waals surface area contributed by atoms with Gasteiger partial charge < -0.3 is 5.32 Å². The van der Waals surface area contributed by atoms with Crippen LogP contribution in [0.25, 0.3) is 0 Å². The Kier molecular flexibility index (Phi) is 9.77. The number of nitrogens with zero attached hydrogens (tertiary/aromatic N) is 1. The zero-order chi connectivity index (χ0) is 26.2. The molecule has 0 bridgehead atoms. The molecule has 4 aromatic rings. The Labute approximate surface area is 232 Å². The number of benzene rings is 4. The van der Waals surface area contributed by atoms with Crippen molar-refractivity contribution in [3.8, 4) is 0 Å². The quantitative estimate of drug-likeness (QED) is 0.153. The van der Waals surface area contributed by atoms with E-state index in [2.05, 4.69) is 139 Å². The molecule has 196 valence electrons. The predicted octanol–water partition coefficient (Wildman–Crippen LogP) is 8.32. The van der Waals surface area contributed by atoms with E-state index >= 15 is 0 Å². The molecular weight excluding hydrogens is 498 g/mol. The maximum absolute atomic E-state index is 3.74. The first-order valence-electron chi connectivity index (χ1n) is 14.0. The van der Waals surface area contributed by atoms with Gasteiger partial charge in [0.15, 0.2) is 0 Å². The van der Waals surface area contributed by atoms with E-state index in [9.17, 15) is 0 Å². The summed E-state index contributed by atoms with van der Waals surface area (Å²) < 4.78 is 2.98. The van der Waals surface area contributed by atoms with Gasteiger partial charge in [-0.1, -0.05) is 128 Å². The molecule has 0 aliphatic carbocycles. The molecule has 0 radical (unpaired) electrons. The van der Waals surface area contributed by atoms with Crippen molar-refractivity contribution in [2.24, 2.45) is 0 Å². The fraction of sp³-hybridized carbons (Fsp3) is 0.294. The molecular formula is C34H40N2P2. The predicted molar refractivity (Wildman–Crippen MR) is 168 cm³/mol. The van der Waals surface area contributed by atoms with Gasteiger partial charge in [-0.2, -0.15) is 0 Å². The Balaban J connectivity index is 1.64. The minimum atomic E-state index is -0.670. The summed E-state index contributed by atoms with van der Waals surface area (Å²) in [4.78, 5) is 0. The molecule has 1 fully saturated rings. The van der Waals surface area contributed by atoms with Crippen LogP contribution in [0.1, 0.15) is 54.2 Å². The second kappa shape index (κ2) is 13.6. The highest BCUT2D eigenvalue weighted by atomic mass is 31.2. The van der Waals surface area contributed by atoms with Crippen molar-refractivity contribution in [2.45, 2.75) is 44.4 Å². The molecule has 0 aromatic heterocycles. The van der Waals surface area contributed by atoms with Gasteiger partial charge in [0, 0.05) is 32.5 Å². The molecule has 0 amide bonds. The van der Waals surface area contributed by atoms with E-state index in [0.29, 0.717) is 11.3 Å². The smallest absolute Gasteiger partial charge is 0.0319 e. The van der Waals surface area contributed by atoms with Crippen LogP contribution in [0.4, 0.5) is 0 Å². The number of nitrogens with one attached hydrogen (secondary N) is 1. The van der Waals surface area contributed by atoms with E-state index in [1.807, 2.05) is 0 Å². The van der Waals surface area contributed by atoms with E-state index < -0.39 is 16.1 Å². The maximum Gasteiger partial charge on any atom is 0.0319 e. The average molecular weight is 539 g/mol. The molecule has 0 saturated carbocycles. The van der Waals surface area contributed by atoms with Gasteiger partial charge in [-0.3, -0.25) is 4.44 Å². The summed E-state index contributed by atoms with van der Waals surface area (Å²) in [5, 5.41) is 6.66. The van der Waals surface area contributed by atoms with Gasteiger partial charge in [0.1, 0.15) is 0 Å². The first-order valence-corrected chi connectivity index (χ1v) is 16.8. The van der Waals surface area contributed by atoms with E-state index in [4.69, 9.17) is 0 Å². The Hall–Kier alpha value is -2.34. The van der Waals surface area contributed by atoms with Crippen LogP contribution in [0.5, 0.6) is 0 Å². The zero-order valence-electron chi connectivity index (χ0n) is 22.7. The number of rotatable bonds is 11. The normalized spacial score (nSPS) is 18.6. The first-order chi connectivity index (χ1) is 18.8. The summed E-state index contributed by atoms with van der Waals surface area (Å²) in [6, 6.07) is 43.4. The third kappa shape index (κ3) is 6.44. The topological polar surface area (TPSA) is 15.3 Å². The Bertz CT molecular complexity index is 1180. The van der Waals surface area contributed by atoms with Gasteiger partial charge in [-0.15, -0.1) is 0 Å². The van der Waals surface area contributed by atoms with Crippen LogP contribution in [0, 0.1) is 6.92 Å². The Morgan fingerprint density at radius 2 is 1.18 bits per heavy atom. The maximum atomic E-state index is 3.74. The summed E-state index contributed by atoms with van der Waals surface area (Å²) in [5.41, 5.74) is 5.48. The molecule has 1 aliphatic heterocycles.